The first kappa shape index (κ1) is 19.2. The molecule has 0 atom stereocenters. The zero-order valence-corrected chi connectivity index (χ0v) is 14.9. The fraction of sp³-hybridized carbons (Fsp3) is 0.250. The van der Waals surface area contributed by atoms with Crippen molar-refractivity contribution in [1.82, 2.24) is 0 Å². The molecule has 0 unspecified atom stereocenters. The van der Waals surface area contributed by atoms with Crippen molar-refractivity contribution in [3.05, 3.63) is 60.2 Å². The van der Waals surface area contributed by atoms with Crippen LogP contribution in [-0.4, -0.2) is 30.9 Å². The van der Waals surface area contributed by atoms with Crippen LogP contribution in [0.25, 0.3) is 0 Å². The molecule has 0 aliphatic heterocycles. The molecule has 2 aromatic rings. The molecular formula is C20H22N2O4. The summed E-state index contributed by atoms with van der Waals surface area (Å²) in [7, 11) is 0. The Morgan fingerprint density at radius 1 is 1.00 bits per heavy atom. The number of anilines is 2. The van der Waals surface area contributed by atoms with Crippen LogP contribution in [0.1, 0.15) is 19.4 Å². The predicted molar refractivity (Wildman–Crippen MR) is 99.9 cm³/mol. The van der Waals surface area contributed by atoms with Crippen LogP contribution in [-0.2, 0) is 25.5 Å². The normalized spacial score (nSPS) is 10.1. The van der Waals surface area contributed by atoms with Crippen molar-refractivity contribution in [2.75, 3.05) is 23.4 Å². The molecule has 0 fully saturated rings. The molecule has 1 N–H and O–H groups in total. The molecule has 0 radical (unpaired) electrons. The molecule has 0 aliphatic carbocycles. The number of nitrogens with zero attached hydrogens (tertiary/aromatic N) is 1. The van der Waals surface area contributed by atoms with Crippen LogP contribution in [0.5, 0.6) is 0 Å². The molecular weight excluding hydrogens is 332 g/mol. The van der Waals surface area contributed by atoms with Gasteiger partial charge in [-0.1, -0.05) is 30.3 Å². The zero-order valence-electron chi connectivity index (χ0n) is 14.9. The van der Waals surface area contributed by atoms with Gasteiger partial charge in [-0.15, -0.1) is 0 Å². The van der Waals surface area contributed by atoms with Gasteiger partial charge < -0.3 is 15.0 Å². The van der Waals surface area contributed by atoms with E-state index in [0.29, 0.717) is 12.2 Å². The minimum absolute atomic E-state index is 0.0606. The number of hydrogen-bond donors (Lipinski definition) is 1. The summed E-state index contributed by atoms with van der Waals surface area (Å²) in [6.07, 6.45) is 0.0606. The molecule has 0 spiro atoms. The summed E-state index contributed by atoms with van der Waals surface area (Å²) < 4.78 is 5.11. The molecule has 0 aromatic heterocycles. The monoisotopic (exact) mass is 354 g/mol. The molecule has 2 amide bonds. The topological polar surface area (TPSA) is 75.7 Å². The lowest BCUT2D eigenvalue weighted by Gasteiger charge is -2.20. The highest BCUT2D eigenvalue weighted by atomic mass is 16.5. The molecule has 0 saturated heterocycles. The Morgan fingerprint density at radius 3 is 2.23 bits per heavy atom. The Kier molecular flexibility index (Phi) is 6.91. The summed E-state index contributed by atoms with van der Waals surface area (Å²) in [6.45, 7) is 3.48. The van der Waals surface area contributed by atoms with E-state index >= 15 is 0 Å². The predicted octanol–water partition coefficient (Wildman–Crippen LogP) is 2.78. The summed E-state index contributed by atoms with van der Waals surface area (Å²) in [4.78, 5) is 36.8. The first-order valence-electron chi connectivity index (χ1n) is 8.37. The van der Waals surface area contributed by atoms with Gasteiger partial charge in [0.05, 0.1) is 6.42 Å². The van der Waals surface area contributed by atoms with E-state index in [-0.39, 0.29) is 24.8 Å². The molecule has 26 heavy (non-hydrogen) atoms. The summed E-state index contributed by atoms with van der Waals surface area (Å²) in [5.41, 5.74) is 2.17. The second-order valence-corrected chi connectivity index (χ2v) is 5.69. The minimum Gasteiger partial charge on any atom is -0.455 e. The number of carbonyl (C=O) groups is 3. The maximum atomic E-state index is 12.3. The average molecular weight is 354 g/mol. The molecule has 0 bridgehead atoms. The van der Waals surface area contributed by atoms with Crippen LogP contribution in [0.4, 0.5) is 11.4 Å². The SMILES string of the molecule is CCN(C(=O)COC(=O)Cc1ccc(NC(C)=O)cc1)c1ccccc1. The number of likely N-dealkylation sites (N-methyl/N-ethyl adjacent to an activating group) is 1. The molecule has 6 nitrogen and oxygen atoms in total. The van der Waals surface area contributed by atoms with Gasteiger partial charge in [-0.3, -0.25) is 14.4 Å². The Hall–Kier alpha value is -3.15. The average Bonchev–Trinajstić information content (AvgIpc) is 2.63. The molecule has 136 valence electrons. The third-order valence-electron chi connectivity index (χ3n) is 3.66. The second-order valence-electron chi connectivity index (χ2n) is 5.69. The largest absolute Gasteiger partial charge is 0.455 e. The molecule has 2 rings (SSSR count). The molecule has 6 heteroatoms. The van der Waals surface area contributed by atoms with Gasteiger partial charge in [-0.25, -0.2) is 0 Å². The number of esters is 1. The van der Waals surface area contributed by atoms with Crippen LogP contribution >= 0.6 is 0 Å². The third kappa shape index (κ3) is 5.73. The number of ether oxygens (including phenoxy) is 1. The lowest BCUT2D eigenvalue weighted by atomic mass is 10.1. The van der Waals surface area contributed by atoms with E-state index in [9.17, 15) is 14.4 Å². The number of benzene rings is 2. The summed E-state index contributed by atoms with van der Waals surface area (Å²) in [5, 5.41) is 2.65. The number of para-hydroxylation sites is 1. The maximum absolute atomic E-state index is 12.3. The quantitative estimate of drug-likeness (QED) is 0.776. The number of hydrogen-bond acceptors (Lipinski definition) is 4. The van der Waals surface area contributed by atoms with E-state index in [4.69, 9.17) is 4.74 Å². The lowest BCUT2D eigenvalue weighted by Crippen LogP contribution is -2.34. The molecule has 0 saturated carbocycles. The highest BCUT2D eigenvalue weighted by Gasteiger charge is 2.16. The van der Waals surface area contributed by atoms with E-state index < -0.39 is 5.97 Å². The van der Waals surface area contributed by atoms with Crippen molar-refractivity contribution in [3.63, 3.8) is 0 Å². The van der Waals surface area contributed by atoms with Crippen molar-refractivity contribution >= 4 is 29.2 Å². The fourth-order valence-electron chi connectivity index (χ4n) is 2.46. The van der Waals surface area contributed by atoms with Crippen molar-refractivity contribution in [2.24, 2.45) is 0 Å². The second kappa shape index (κ2) is 9.36. The van der Waals surface area contributed by atoms with Gasteiger partial charge in [-0.2, -0.15) is 0 Å². The van der Waals surface area contributed by atoms with Gasteiger partial charge in [0.2, 0.25) is 5.91 Å². The Balaban J connectivity index is 1.85. The van der Waals surface area contributed by atoms with E-state index in [1.165, 1.54) is 6.92 Å². The maximum Gasteiger partial charge on any atom is 0.310 e. The minimum atomic E-state index is -0.477. The van der Waals surface area contributed by atoms with Crippen LogP contribution in [0.2, 0.25) is 0 Å². The van der Waals surface area contributed by atoms with E-state index in [2.05, 4.69) is 5.32 Å². The van der Waals surface area contributed by atoms with Crippen molar-refractivity contribution in [2.45, 2.75) is 20.3 Å². The van der Waals surface area contributed by atoms with Gasteiger partial charge in [0, 0.05) is 24.8 Å². The van der Waals surface area contributed by atoms with Gasteiger partial charge in [0.1, 0.15) is 0 Å². The first-order chi connectivity index (χ1) is 12.5. The van der Waals surface area contributed by atoms with Gasteiger partial charge in [0.15, 0.2) is 6.61 Å². The lowest BCUT2D eigenvalue weighted by molar-refractivity contribution is -0.147. The molecule has 0 aliphatic rings. The van der Waals surface area contributed by atoms with E-state index in [1.807, 2.05) is 37.3 Å². The Morgan fingerprint density at radius 2 is 1.65 bits per heavy atom. The van der Waals surface area contributed by atoms with Gasteiger partial charge >= 0.3 is 5.97 Å². The van der Waals surface area contributed by atoms with Crippen LogP contribution in [0.15, 0.2) is 54.6 Å². The number of carbonyl (C=O) groups excluding carboxylic acids is 3. The fourth-order valence-corrected chi connectivity index (χ4v) is 2.46. The van der Waals surface area contributed by atoms with Crippen LogP contribution in [0, 0.1) is 0 Å². The highest BCUT2D eigenvalue weighted by Crippen LogP contribution is 2.13. The summed E-state index contributed by atoms with van der Waals surface area (Å²) >= 11 is 0. The van der Waals surface area contributed by atoms with Gasteiger partial charge in [0.25, 0.3) is 5.91 Å². The number of rotatable bonds is 7. The summed E-state index contributed by atoms with van der Waals surface area (Å²) in [6, 6.07) is 16.1. The standard InChI is InChI=1S/C20H22N2O4/c1-3-22(18-7-5-4-6-8-18)19(24)14-26-20(25)13-16-9-11-17(12-10-16)21-15(2)23/h4-12H,3,13-14H2,1-2H3,(H,21,23). The first-order valence-corrected chi connectivity index (χ1v) is 8.37. The Bertz CT molecular complexity index is 757. The third-order valence-corrected chi connectivity index (χ3v) is 3.66. The van der Waals surface area contributed by atoms with Crippen molar-refractivity contribution in [3.8, 4) is 0 Å². The van der Waals surface area contributed by atoms with Crippen molar-refractivity contribution < 1.29 is 19.1 Å². The molecule has 0 heterocycles. The highest BCUT2D eigenvalue weighted by molar-refractivity contribution is 5.95. The van der Waals surface area contributed by atoms with Gasteiger partial charge in [-0.05, 0) is 36.8 Å². The summed E-state index contributed by atoms with van der Waals surface area (Å²) in [5.74, 6) is -0.905. The van der Waals surface area contributed by atoms with E-state index in [1.54, 1.807) is 29.2 Å². The smallest absolute Gasteiger partial charge is 0.310 e. The zero-order chi connectivity index (χ0) is 18.9. The number of amides is 2. The Labute approximate surface area is 152 Å². The van der Waals surface area contributed by atoms with Crippen molar-refractivity contribution in [1.29, 1.82) is 0 Å². The molecule has 2 aromatic carbocycles. The van der Waals surface area contributed by atoms with Crippen LogP contribution in [0.3, 0.4) is 0 Å². The van der Waals surface area contributed by atoms with Crippen LogP contribution < -0.4 is 10.2 Å². The number of nitrogens with one attached hydrogen (secondary N) is 1. The van der Waals surface area contributed by atoms with E-state index in [0.717, 1.165) is 11.3 Å².